The Morgan fingerprint density at radius 3 is 3.00 bits per heavy atom. The number of hydrogen-bond donors (Lipinski definition) is 1. The van der Waals surface area contributed by atoms with Crippen molar-refractivity contribution in [2.24, 2.45) is 0 Å². The SMILES string of the molecule is O=[N+]([O-])c1cc(Cl)cnc1NCCc1ncon1. The maximum atomic E-state index is 10.8. The molecule has 0 aliphatic rings. The Labute approximate surface area is 106 Å². The van der Waals surface area contributed by atoms with Crippen molar-refractivity contribution in [1.29, 1.82) is 0 Å². The van der Waals surface area contributed by atoms with E-state index in [-0.39, 0.29) is 16.5 Å². The average molecular weight is 270 g/mol. The molecule has 0 amide bonds. The number of halogens is 1. The smallest absolute Gasteiger partial charge is 0.312 e. The van der Waals surface area contributed by atoms with E-state index in [9.17, 15) is 10.1 Å². The number of nitrogens with zero attached hydrogens (tertiary/aromatic N) is 4. The van der Waals surface area contributed by atoms with Crippen molar-refractivity contribution in [1.82, 2.24) is 15.1 Å². The standard InChI is InChI=1S/C9H8ClN5O3/c10-6-3-7(15(16)17)9(12-4-6)11-2-1-8-13-5-18-14-8/h3-5H,1-2H2,(H,11,12). The summed E-state index contributed by atoms with van der Waals surface area (Å²) >= 11 is 5.65. The summed E-state index contributed by atoms with van der Waals surface area (Å²) in [6, 6.07) is 1.24. The molecule has 8 nitrogen and oxygen atoms in total. The van der Waals surface area contributed by atoms with Gasteiger partial charge in [-0.3, -0.25) is 10.1 Å². The first-order chi connectivity index (χ1) is 8.66. The monoisotopic (exact) mass is 269 g/mol. The van der Waals surface area contributed by atoms with Crippen LogP contribution >= 0.6 is 11.6 Å². The quantitative estimate of drug-likeness (QED) is 0.650. The molecule has 2 aromatic heterocycles. The van der Waals surface area contributed by atoms with Crippen molar-refractivity contribution in [2.75, 3.05) is 11.9 Å². The molecule has 0 radical (unpaired) electrons. The minimum atomic E-state index is -0.546. The van der Waals surface area contributed by atoms with Gasteiger partial charge < -0.3 is 9.84 Å². The van der Waals surface area contributed by atoms with Gasteiger partial charge in [0, 0.05) is 25.2 Å². The normalized spacial score (nSPS) is 10.3. The number of rotatable bonds is 5. The number of aromatic nitrogens is 3. The lowest BCUT2D eigenvalue weighted by Crippen LogP contribution is -2.09. The first-order valence-corrected chi connectivity index (χ1v) is 5.33. The highest BCUT2D eigenvalue weighted by Gasteiger charge is 2.15. The van der Waals surface area contributed by atoms with Gasteiger partial charge in [0.2, 0.25) is 12.2 Å². The van der Waals surface area contributed by atoms with Crippen LogP contribution < -0.4 is 5.32 Å². The Hall–Kier alpha value is -2.22. The van der Waals surface area contributed by atoms with Crippen molar-refractivity contribution in [3.8, 4) is 0 Å². The summed E-state index contributed by atoms with van der Waals surface area (Å²) in [4.78, 5) is 17.9. The zero-order valence-corrected chi connectivity index (χ0v) is 9.79. The molecule has 0 spiro atoms. The molecule has 94 valence electrons. The van der Waals surface area contributed by atoms with Gasteiger partial charge in [-0.15, -0.1) is 0 Å². The molecule has 0 aromatic carbocycles. The van der Waals surface area contributed by atoms with Crippen molar-refractivity contribution in [2.45, 2.75) is 6.42 Å². The molecule has 0 saturated heterocycles. The second-order valence-corrected chi connectivity index (χ2v) is 3.74. The van der Waals surface area contributed by atoms with Gasteiger partial charge in [-0.05, 0) is 0 Å². The maximum absolute atomic E-state index is 10.8. The van der Waals surface area contributed by atoms with Crippen LogP contribution in [0.5, 0.6) is 0 Å². The molecule has 2 heterocycles. The van der Waals surface area contributed by atoms with E-state index in [4.69, 9.17) is 11.6 Å². The second-order valence-electron chi connectivity index (χ2n) is 3.30. The van der Waals surface area contributed by atoms with E-state index in [1.54, 1.807) is 0 Å². The van der Waals surface area contributed by atoms with Crippen LogP contribution in [0.4, 0.5) is 11.5 Å². The zero-order chi connectivity index (χ0) is 13.0. The second kappa shape index (κ2) is 5.41. The van der Waals surface area contributed by atoms with Crippen molar-refractivity contribution in [3.63, 3.8) is 0 Å². The number of hydrogen-bond acceptors (Lipinski definition) is 7. The fraction of sp³-hybridized carbons (Fsp3) is 0.222. The van der Waals surface area contributed by atoms with Crippen LogP contribution in [0.15, 0.2) is 23.2 Å². The van der Waals surface area contributed by atoms with Gasteiger partial charge in [-0.2, -0.15) is 4.98 Å². The largest absolute Gasteiger partial charge is 0.364 e. The number of anilines is 1. The van der Waals surface area contributed by atoms with Crippen LogP contribution in [0, 0.1) is 10.1 Å². The summed E-state index contributed by atoms with van der Waals surface area (Å²) in [6.45, 7) is 0.398. The van der Waals surface area contributed by atoms with Gasteiger partial charge in [-0.1, -0.05) is 16.8 Å². The van der Waals surface area contributed by atoms with Gasteiger partial charge in [-0.25, -0.2) is 4.98 Å². The van der Waals surface area contributed by atoms with E-state index in [2.05, 4.69) is 25.0 Å². The molecule has 9 heteroatoms. The molecule has 1 N–H and O–H groups in total. The maximum Gasteiger partial charge on any atom is 0.312 e. The summed E-state index contributed by atoms with van der Waals surface area (Å²) < 4.78 is 4.56. The average Bonchev–Trinajstić information content (AvgIpc) is 2.84. The number of nitro groups is 1. The molecule has 2 aromatic rings. The Bertz CT molecular complexity index is 545. The van der Waals surface area contributed by atoms with E-state index in [0.717, 1.165) is 0 Å². The predicted molar refractivity (Wildman–Crippen MR) is 62.4 cm³/mol. The lowest BCUT2D eigenvalue weighted by Gasteiger charge is -2.04. The first kappa shape index (κ1) is 12.2. The van der Waals surface area contributed by atoms with Gasteiger partial charge in [0.1, 0.15) is 0 Å². The third-order valence-electron chi connectivity index (χ3n) is 2.08. The Morgan fingerprint density at radius 1 is 1.50 bits per heavy atom. The fourth-order valence-corrected chi connectivity index (χ4v) is 1.45. The molecule has 0 fully saturated rings. The molecule has 0 aliphatic heterocycles. The van der Waals surface area contributed by atoms with Crippen LogP contribution in [0.25, 0.3) is 0 Å². The summed E-state index contributed by atoms with van der Waals surface area (Å²) in [5.74, 6) is 0.673. The van der Waals surface area contributed by atoms with Crippen molar-refractivity contribution in [3.05, 3.63) is 39.6 Å². The van der Waals surface area contributed by atoms with Gasteiger partial charge in [0.05, 0.1) is 9.95 Å². The Morgan fingerprint density at radius 2 is 2.33 bits per heavy atom. The van der Waals surface area contributed by atoms with Gasteiger partial charge in [0.15, 0.2) is 5.82 Å². The van der Waals surface area contributed by atoms with Crippen LogP contribution in [0.1, 0.15) is 5.82 Å². The summed E-state index contributed by atoms with van der Waals surface area (Å²) in [7, 11) is 0. The fourth-order valence-electron chi connectivity index (χ4n) is 1.30. The van der Waals surface area contributed by atoms with Crippen molar-refractivity contribution >= 4 is 23.1 Å². The zero-order valence-electron chi connectivity index (χ0n) is 9.04. The molecule has 2 rings (SSSR count). The topological polar surface area (TPSA) is 107 Å². The summed E-state index contributed by atoms with van der Waals surface area (Å²) in [6.07, 6.45) is 3.03. The Kier molecular flexibility index (Phi) is 3.68. The van der Waals surface area contributed by atoms with Crippen molar-refractivity contribution < 1.29 is 9.45 Å². The molecule has 0 saturated carbocycles. The summed E-state index contributed by atoms with van der Waals surface area (Å²) in [5.41, 5.74) is -0.171. The summed E-state index contributed by atoms with van der Waals surface area (Å²) in [5, 5.41) is 17.5. The number of pyridine rings is 1. The van der Waals surface area contributed by atoms with Gasteiger partial charge in [0.25, 0.3) is 0 Å². The third kappa shape index (κ3) is 2.92. The van der Waals surface area contributed by atoms with Gasteiger partial charge >= 0.3 is 5.69 Å². The molecule has 0 unspecified atom stereocenters. The predicted octanol–water partition coefficient (Wildman–Crippen LogP) is 1.68. The van der Waals surface area contributed by atoms with E-state index in [1.165, 1.54) is 18.7 Å². The number of nitrogens with one attached hydrogen (secondary N) is 1. The molecular weight excluding hydrogens is 262 g/mol. The van der Waals surface area contributed by atoms with E-state index in [1.807, 2.05) is 0 Å². The highest BCUT2D eigenvalue weighted by molar-refractivity contribution is 6.30. The van der Waals surface area contributed by atoms with Crippen LogP contribution in [0.2, 0.25) is 5.02 Å². The van der Waals surface area contributed by atoms with Crippen LogP contribution in [0.3, 0.4) is 0 Å². The minimum Gasteiger partial charge on any atom is -0.364 e. The molecule has 0 atom stereocenters. The molecule has 0 bridgehead atoms. The minimum absolute atomic E-state index is 0.160. The first-order valence-electron chi connectivity index (χ1n) is 4.96. The van der Waals surface area contributed by atoms with Crippen LogP contribution in [-0.2, 0) is 6.42 Å². The van der Waals surface area contributed by atoms with Crippen LogP contribution in [-0.4, -0.2) is 26.6 Å². The lowest BCUT2D eigenvalue weighted by molar-refractivity contribution is -0.384. The Balaban J connectivity index is 2.02. The molecule has 18 heavy (non-hydrogen) atoms. The highest BCUT2D eigenvalue weighted by atomic mass is 35.5. The van der Waals surface area contributed by atoms with E-state index >= 15 is 0 Å². The van der Waals surface area contributed by atoms with E-state index < -0.39 is 4.92 Å². The lowest BCUT2D eigenvalue weighted by atomic mass is 10.3. The molecular formula is C9H8ClN5O3. The highest BCUT2D eigenvalue weighted by Crippen LogP contribution is 2.24. The third-order valence-corrected chi connectivity index (χ3v) is 2.29. The molecule has 0 aliphatic carbocycles. The van der Waals surface area contributed by atoms with E-state index in [0.29, 0.717) is 18.8 Å².